The number of H-pyrrole nitrogens is 1. The molecule has 1 fully saturated rings. The highest BCUT2D eigenvalue weighted by molar-refractivity contribution is 5.79. The second-order valence-electron chi connectivity index (χ2n) is 6.65. The summed E-state index contributed by atoms with van der Waals surface area (Å²) in [7, 11) is 3.77. The van der Waals surface area contributed by atoms with E-state index in [1.807, 2.05) is 36.3 Å². The highest BCUT2D eigenvalue weighted by Gasteiger charge is 2.25. The average molecular weight is 341 g/mol. The number of nitrogens with zero attached hydrogens (tertiary/aromatic N) is 3. The summed E-state index contributed by atoms with van der Waals surface area (Å²) in [6, 6.07) is 10.2. The molecule has 3 N–H and O–H groups in total. The first kappa shape index (κ1) is 17.5. The van der Waals surface area contributed by atoms with Crippen molar-refractivity contribution in [2.75, 3.05) is 20.6 Å². The van der Waals surface area contributed by atoms with Crippen molar-refractivity contribution >= 4 is 5.96 Å². The fourth-order valence-electron chi connectivity index (χ4n) is 3.37. The van der Waals surface area contributed by atoms with Gasteiger partial charge in [0.2, 0.25) is 0 Å². The van der Waals surface area contributed by atoms with E-state index in [0.29, 0.717) is 12.5 Å². The smallest absolute Gasteiger partial charge is 0.193 e. The van der Waals surface area contributed by atoms with Crippen LogP contribution in [-0.4, -0.2) is 52.7 Å². The topological polar surface area (TPSA) is 76.5 Å². The average Bonchev–Trinajstić information content (AvgIpc) is 3.25. The summed E-state index contributed by atoms with van der Waals surface area (Å²) in [5.74, 6) is 2.03. The Bertz CT molecular complexity index is 697. The molecule has 1 aromatic carbocycles. The number of rotatable bonds is 5. The fraction of sp³-hybridized carbons (Fsp3) is 0.474. The molecule has 6 heteroatoms. The molecule has 1 aromatic heterocycles. The monoisotopic (exact) mass is 341 g/mol. The minimum atomic E-state index is -0.186. The molecule has 0 radical (unpaired) electrons. The van der Waals surface area contributed by atoms with Crippen molar-refractivity contribution < 1.29 is 5.11 Å². The second kappa shape index (κ2) is 8.16. The third-order valence-electron chi connectivity index (χ3n) is 4.81. The quantitative estimate of drug-likeness (QED) is 0.576. The molecule has 2 unspecified atom stereocenters. The summed E-state index contributed by atoms with van der Waals surface area (Å²) >= 11 is 0. The van der Waals surface area contributed by atoms with Crippen LogP contribution in [0.25, 0.3) is 11.3 Å². The van der Waals surface area contributed by atoms with Crippen molar-refractivity contribution in [3.8, 4) is 11.3 Å². The second-order valence-corrected chi connectivity index (χ2v) is 6.65. The van der Waals surface area contributed by atoms with Gasteiger partial charge in [0.1, 0.15) is 5.82 Å². The van der Waals surface area contributed by atoms with Gasteiger partial charge in [-0.2, -0.15) is 0 Å². The van der Waals surface area contributed by atoms with Crippen LogP contribution in [-0.2, 0) is 6.54 Å². The van der Waals surface area contributed by atoms with Gasteiger partial charge >= 0.3 is 0 Å². The molecule has 0 amide bonds. The number of imidazole rings is 1. The minimum absolute atomic E-state index is 0.186. The molecule has 0 aliphatic heterocycles. The van der Waals surface area contributed by atoms with Crippen molar-refractivity contribution in [3.63, 3.8) is 0 Å². The Morgan fingerprint density at radius 2 is 2.16 bits per heavy atom. The molecular formula is C19H27N5O. The summed E-state index contributed by atoms with van der Waals surface area (Å²) in [5.41, 5.74) is 2.14. The first-order valence-electron chi connectivity index (χ1n) is 8.86. The Balaban J connectivity index is 1.57. The van der Waals surface area contributed by atoms with E-state index in [9.17, 15) is 5.11 Å². The van der Waals surface area contributed by atoms with Crippen molar-refractivity contribution in [1.82, 2.24) is 20.2 Å². The molecule has 0 saturated heterocycles. The lowest BCUT2D eigenvalue weighted by molar-refractivity contribution is 0.134. The van der Waals surface area contributed by atoms with Gasteiger partial charge in [-0.3, -0.25) is 4.99 Å². The van der Waals surface area contributed by atoms with Gasteiger partial charge in [0.25, 0.3) is 0 Å². The number of hydrogen-bond acceptors (Lipinski definition) is 3. The predicted octanol–water partition coefficient (Wildman–Crippen LogP) is 2.24. The molecule has 1 saturated carbocycles. The number of aliphatic imine (C=N–C) groups is 1. The normalized spacial score (nSPS) is 20.7. The largest absolute Gasteiger partial charge is 0.393 e. The maximum Gasteiger partial charge on any atom is 0.193 e. The van der Waals surface area contributed by atoms with Crippen LogP contribution in [0.2, 0.25) is 0 Å². The predicted molar refractivity (Wildman–Crippen MR) is 100 cm³/mol. The van der Waals surface area contributed by atoms with Gasteiger partial charge in [-0.25, -0.2) is 4.98 Å². The summed E-state index contributed by atoms with van der Waals surface area (Å²) in [6.07, 6.45) is 4.78. The zero-order chi connectivity index (χ0) is 17.6. The molecule has 2 aromatic rings. The number of hydrogen-bond donors (Lipinski definition) is 3. The minimum Gasteiger partial charge on any atom is -0.393 e. The van der Waals surface area contributed by atoms with E-state index in [-0.39, 0.29) is 6.10 Å². The van der Waals surface area contributed by atoms with Crippen LogP contribution in [0, 0.1) is 5.92 Å². The van der Waals surface area contributed by atoms with Crippen molar-refractivity contribution in [2.24, 2.45) is 10.9 Å². The van der Waals surface area contributed by atoms with Crippen LogP contribution in [0.1, 0.15) is 25.1 Å². The molecular weight excluding hydrogens is 314 g/mol. The lowest BCUT2D eigenvalue weighted by Crippen LogP contribution is -2.41. The molecule has 1 aliphatic rings. The van der Waals surface area contributed by atoms with Gasteiger partial charge in [0, 0.05) is 26.6 Å². The Labute approximate surface area is 149 Å². The molecule has 134 valence electrons. The van der Waals surface area contributed by atoms with E-state index in [0.717, 1.165) is 48.8 Å². The first-order valence-corrected chi connectivity index (χ1v) is 8.86. The van der Waals surface area contributed by atoms with Crippen molar-refractivity contribution in [2.45, 2.75) is 31.9 Å². The number of aromatic nitrogens is 2. The SMILES string of the molecule is CN=C(NCC1CCCC1O)N(C)Cc1ncc(-c2ccccc2)[nH]1. The van der Waals surface area contributed by atoms with Crippen molar-refractivity contribution in [1.29, 1.82) is 0 Å². The van der Waals surface area contributed by atoms with E-state index in [2.05, 4.69) is 32.4 Å². The lowest BCUT2D eigenvalue weighted by Gasteiger charge is -2.23. The Morgan fingerprint density at radius 3 is 2.84 bits per heavy atom. The molecule has 1 aliphatic carbocycles. The molecule has 3 rings (SSSR count). The number of nitrogens with one attached hydrogen (secondary N) is 2. The molecule has 6 nitrogen and oxygen atoms in total. The van der Waals surface area contributed by atoms with Gasteiger partial charge in [-0.1, -0.05) is 36.8 Å². The summed E-state index contributed by atoms with van der Waals surface area (Å²) in [4.78, 5) is 14.2. The molecule has 25 heavy (non-hydrogen) atoms. The van der Waals surface area contributed by atoms with Crippen LogP contribution in [0.3, 0.4) is 0 Å². The van der Waals surface area contributed by atoms with E-state index in [1.165, 1.54) is 0 Å². The standard InChI is InChI=1S/C19H27N5O/c1-20-19(22-11-15-9-6-10-17(15)25)24(2)13-18-21-12-16(23-18)14-7-4-3-5-8-14/h3-5,7-8,12,15,17,25H,6,9-11,13H2,1-2H3,(H,20,22)(H,21,23). The van der Waals surface area contributed by atoms with E-state index >= 15 is 0 Å². The van der Waals surface area contributed by atoms with Gasteiger partial charge in [0.15, 0.2) is 5.96 Å². The lowest BCUT2D eigenvalue weighted by atomic mass is 10.1. The van der Waals surface area contributed by atoms with Crippen LogP contribution in [0.15, 0.2) is 41.5 Å². The Kier molecular flexibility index (Phi) is 5.71. The summed E-state index contributed by atoms with van der Waals surface area (Å²) in [5, 5.41) is 13.3. The highest BCUT2D eigenvalue weighted by Crippen LogP contribution is 2.24. The maximum absolute atomic E-state index is 9.95. The molecule has 1 heterocycles. The number of guanidine groups is 1. The van der Waals surface area contributed by atoms with Gasteiger partial charge < -0.3 is 20.3 Å². The van der Waals surface area contributed by atoms with Crippen LogP contribution in [0.5, 0.6) is 0 Å². The van der Waals surface area contributed by atoms with Crippen LogP contribution >= 0.6 is 0 Å². The number of aromatic amines is 1. The fourth-order valence-corrected chi connectivity index (χ4v) is 3.37. The van der Waals surface area contributed by atoms with E-state index in [4.69, 9.17) is 0 Å². The first-order chi connectivity index (χ1) is 12.2. The molecule has 0 spiro atoms. The van der Waals surface area contributed by atoms with Gasteiger partial charge in [-0.05, 0) is 18.4 Å². The summed E-state index contributed by atoms with van der Waals surface area (Å²) in [6.45, 7) is 1.39. The third-order valence-corrected chi connectivity index (χ3v) is 4.81. The van der Waals surface area contributed by atoms with Crippen molar-refractivity contribution in [3.05, 3.63) is 42.4 Å². The highest BCUT2D eigenvalue weighted by atomic mass is 16.3. The number of aliphatic hydroxyl groups is 1. The Morgan fingerprint density at radius 1 is 1.36 bits per heavy atom. The maximum atomic E-state index is 9.95. The van der Waals surface area contributed by atoms with Crippen LogP contribution in [0.4, 0.5) is 0 Å². The van der Waals surface area contributed by atoms with E-state index < -0.39 is 0 Å². The number of aliphatic hydroxyl groups excluding tert-OH is 1. The Hall–Kier alpha value is -2.34. The zero-order valence-electron chi connectivity index (χ0n) is 14.9. The summed E-state index contributed by atoms with van der Waals surface area (Å²) < 4.78 is 0. The van der Waals surface area contributed by atoms with Gasteiger partial charge in [0.05, 0.1) is 24.5 Å². The number of benzene rings is 1. The zero-order valence-corrected chi connectivity index (χ0v) is 14.9. The van der Waals surface area contributed by atoms with Crippen LogP contribution < -0.4 is 5.32 Å². The molecule has 0 bridgehead atoms. The van der Waals surface area contributed by atoms with E-state index in [1.54, 1.807) is 7.05 Å². The van der Waals surface area contributed by atoms with Gasteiger partial charge in [-0.15, -0.1) is 0 Å². The molecule has 2 atom stereocenters. The third kappa shape index (κ3) is 4.39.